The number of aryl methyl sites for hydroxylation is 1. The topological polar surface area (TPSA) is 66.4 Å². The van der Waals surface area contributed by atoms with E-state index < -0.39 is 10.0 Å². The molecule has 1 aliphatic rings. The predicted octanol–water partition coefficient (Wildman–Crippen LogP) is 3.28. The summed E-state index contributed by atoms with van der Waals surface area (Å²) >= 11 is 5.83. The fourth-order valence-electron chi connectivity index (χ4n) is 3.51. The first kappa shape index (κ1) is 18.4. The summed E-state index contributed by atoms with van der Waals surface area (Å²) in [5.41, 5.74) is 5.55. The Hall–Kier alpha value is -1.40. The van der Waals surface area contributed by atoms with E-state index >= 15 is 0 Å². The summed E-state index contributed by atoms with van der Waals surface area (Å²) < 4.78 is 28.0. The molecular weight excluding hydrogens is 358 g/mol. The molecule has 0 amide bonds. The Morgan fingerprint density at radius 1 is 1.24 bits per heavy atom. The van der Waals surface area contributed by atoms with E-state index in [9.17, 15) is 13.5 Å². The van der Waals surface area contributed by atoms with Crippen molar-refractivity contribution in [2.75, 3.05) is 0 Å². The van der Waals surface area contributed by atoms with Gasteiger partial charge < -0.3 is 5.11 Å². The van der Waals surface area contributed by atoms with Crippen LogP contribution >= 0.6 is 11.6 Å². The molecular formula is C19H22ClNO3S. The van der Waals surface area contributed by atoms with Crippen LogP contribution in [0.4, 0.5) is 0 Å². The van der Waals surface area contributed by atoms with Crippen LogP contribution in [-0.2, 0) is 29.5 Å². The molecule has 1 atom stereocenters. The smallest absolute Gasteiger partial charge is 0.240 e. The third-order valence-electron chi connectivity index (χ3n) is 5.00. The molecule has 1 unspecified atom stereocenters. The minimum absolute atomic E-state index is 0.0248. The van der Waals surface area contributed by atoms with Gasteiger partial charge in [0.05, 0.1) is 11.5 Å². The van der Waals surface area contributed by atoms with Crippen molar-refractivity contribution in [3.8, 4) is 0 Å². The normalized spacial score (nSPS) is 17.4. The van der Waals surface area contributed by atoms with Gasteiger partial charge >= 0.3 is 0 Å². The van der Waals surface area contributed by atoms with Gasteiger partial charge in [0, 0.05) is 11.1 Å². The van der Waals surface area contributed by atoms with Gasteiger partial charge in [-0.3, -0.25) is 0 Å². The van der Waals surface area contributed by atoms with Crippen molar-refractivity contribution in [2.24, 2.45) is 0 Å². The van der Waals surface area contributed by atoms with Crippen molar-refractivity contribution in [3.05, 3.63) is 63.2 Å². The number of fused-ring (bicyclic) bond motifs is 1. The van der Waals surface area contributed by atoms with Crippen LogP contribution in [0.1, 0.15) is 34.2 Å². The zero-order chi connectivity index (χ0) is 18.2. The number of sulfonamides is 1. The van der Waals surface area contributed by atoms with E-state index in [1.54, 1.807) is 12.1 Å². The highest BCUT2D eigenvalue weighted by Gasteiger charge is 2.26. The van der Waals surface area contributed by atoms with Gasteiger partial charge in [0.2, 0.25) is 10.0 Å². The highest BCUT2D eigenvalue weighted by Crippen LogP contribution is 2.30. The summed E-state index contributed by atoms with van der Waals surface area (Å²) in [6.45, 7) is 4.07. The Kier molecular flexibility index (Phi) is 5.21. The maximum absolute atomic E-state index is 12.6. The summed E-state index contributed by atoms with van der Waals surface area (Å²) in [5, 5.41) is 10.2. The number of benzene rings is 2. The number of aliphatic hydroxyl groups is 1. The van der Waals surface area contributed by atoms with Crippen LogP contribution in [0.15, 0.2) is 35.2 Å². The average Bonchev–Trinajstić information content (AvgIpc) is 2.56. The SMILES string of the molecule is Cc1cc2c(c(CO)c1C)CCC(NS(=O)(=O)c1ccc(Cl)cc1)C2. The molecule has 134 valence electrons. The van der Waals surface area contributed by atoms with Gasteiger partial charge in [0.15, 0.2) is 0 Å². The monoisotopic (exact) mass is 379 g/mol. The predicted molar refractivity (Wildman–Crippen MR) is 99.4 cm³/mol. The molecule has 2 aromatic rings. The van der Waals surface area contributed by atoms with Gasteiger partial charge in [-0.1, -0.05) is 17.7 Å². The molecule has 0 radical (unpaired) electrons. The fraction of sp³-hybridized carbons (Fsp3) is 0.368. The summed E-state index contributed by atoms with van der Waals surface area (Å²) in [6, 6.07) is 8.14. The molecule has 2 N–H and O–H groups in total. The van der Waals surface area contributed by atoms with Gasteiger partial charge in [-0.15, -0.1) is 0 Å². The summed E-state index contributed by atoms with van der Waals surface area (Å²) in [6.07, 6.45) is 2.12. The van der Waals surface area contributed by atoms with E-state index in [2.05, 4.69) is 10.8 Å². The van der Waals surface area contributed by atoms with Gasteiger partial charge in [-0.05, 0) is 85.2 Å². The van der Waals surface area contributed by atoms with Crippen molar-refractivity contribution < 1.29 is 13.5 Å². The standard InChI is InChI=1S/C19H22ClNO3S/c1-12-9-14-10-16(5-8-18(14)19(11-22)13(12)2)21-25(23,24)17-6-3-15(20)4-7-17/h3-4,6-7,9,16,21-22H,5,8,10-11H2,1-2H3. The van der Waals surface area contributed by atoms with Gasteiger partial charge in [-0.2, -0.15) is 0 Å². The zero-order valence-corrected chi connectivity index (χ0v) is 15.9. The number of hydrogen-bond acceptors (Lipinski definition) is 3. The molecule has 0 aromatic heterocycles. The maximum Gasteiger partial charge on any atom is 0.240 e. The molecule has 0 heterocycles. The lowest BCUT2D eigenvalue weighted by Gasteiger charge is -2.28. The molecule has 6 heteroatoms. The fourth-order valence-corrected chi connectivity index (χ4v) is 4.91. The molecule has 0 aliphatic heterocycles. The molecule has 0 spiro atoms. The van der Waals surface area contributed by atoms with Crippen LogP contribution < -0.4 is 4.72 Å². The van der Waals surface area contributed by atoms with Crippen molar-refractivity contribution in [1.82, 2.24) is 4.72 Å². The summed E-state index contributed by atoms with van der Waals surface area (Å²) in [5.74, 6) is 0. The third-order valence-corrected chi connectivity index (χ3v) is 6.79. The van der Waals surface area contributed by atoms with E-state index in [0.29, 0.717) is 11.4 Å². The quantitative estimate of drug-likeness (QED) is 0.856. The molecule has 0 bridgehead atoms. The lowest BCUT2D eigenvalue weighted by molar-refractivity contribution is 0.278. The number of aliphatic hydroxyl groups excluding tert-OH is 1. The number of hydrogen-bond donors (Lipinski definition) is 2. The number of nitrogens with one attached hydrogen (secondary N) is 1. The van der Waals surface area contributed by atoms with Crippen LogP contribution in [0.5, 0.6) is 0 Å². The van der Waals surface area contributed by atoms with Crippen molar-refractivity contribution >= 4 is 21.6 Å². The van der Waals surface area contributed by atoms with Crippen LogP contribution in [0.25, 0.3) is 0 Å². The average molecular weight is 380 g/mol. The molecule has 0 fully saturated rings. The van der Waals surface area contributed by atoms with E-state index in [1.807, 2.05) is 13.8 Å². The van der Waals surface area contributed by atoms with Crippen molar-refractivity contribution in [1.29, 1.82) is 0 Å². The molecule has 1 aliphatic carbocycles. The lowest BCUT2D eigenvalue weighted by Crippen LogP contribution is -2.39. The highest BCUT2D eigenvalue weighted by atomic mass is 35.5. The molecule has 25 heavy (non-hydrogen) atoms. The Morgan fingerprint density at radius 2 is 1.92 bits per heavy atom. The Labute approximate surface area is 153 Å². The Bertz CT molecular complexity index is 892. The zero-order valence-electron chi connectivity index (χ0n) is 14.3. The second-order valence-electron chi connectivity index (χ2n) is 6.61. The largest absolute Gasteiger partial charge is 0.392 e. The molecule has 0 saturated heterocycles. The Morgan fingerprint density at radius 3 is 2.56 bits per heavy atom. The van der Waals surface area contributed by atoms with Crippen LogP contribution in [0.2, 0.25) is 5.02 Å². The summed E-state index contributed by atoms with van der Waals surface area (Å²) in [4.78, 5) is 0.221. The maximum atomic E-state index is 12.6. The van der Waals surface area contributed by atoms with Gasteiger partial charge in [0.25, 0.3) is 0 Å². The number of halogens is 1. The lowest BCUT2D eigenvalue weighted by atomic mass is 9.82. The second-order valence-corrected chi connectivity index (χ2v) is 8.76. The highest BCUT2D eigenvalue weighted by molar-refractivity contribution is 7.89. The second kappa shape index (κ2) is 7.08. The van der Waals surface area contributed by atoms with Crippen molar-refractivity contribution in [2.45, 2.75) is 50.7 Å². The minimum atomic E-state index is -3.57. The summed E-state index contributed by atoms with van der Waals surface area (Å²) in [7, 11) is -3.57. The van der Waals surface area contributed by atoms with Crippen LogP contribution in [0.3, 0.4) is 0 Å². The first-order valence-corrected chi connectivity index (χ1v) is 10.2. The van der Waals surface area contributed by atoms with Crippen LogP contribution in [-0.4, -0.2) is 19.6 Å². The van der Waals surface area contributed by atoms with Crippen molar-refractivity contribution in [3.63, 3.8) is 0 Å². The van der Waals surface area contributed by atoms with Gasteiger partial charge in [-0.25, -0.2) is 13.1 Å². The molecule has 0 saturated carbocycles. The van der Waals surface area contributed by atoms with E-state index in [4.69, 9.17) is 11.6 Å². The van der Waals surface area contributed by atoms with E-state index in [1.165, 1.54) is 17.7 Å². The molecule has 2 aromatic carbocycles. The van der Waals surface area contributed by atoms with E-state index in [-0.39, 0.29) is 17.5 Å². The minimum Gasteiger partial charge on any atom is -0.392 e. The first-order valence-electron chi connectivity index (χ1n) is 8.31. The molecule has 3 rings (SSSR count). The van der Waals surface area contributed by atoms with Crippen LogP contribution in [0, 0.1) is 13.8 Å². The number of rotatable bonds is 4. The Balaban J connectivity index is 1.84. The van der Waals surface area contributed by atoms with Gasteiger partial charge in [0.1, 0.15) is 0 Å². The van der Waals surface area contributed by atoms with E-state index in [0.717, 1.165) is 35.1 Å². The third kappa shape index (κ3) is 3.75. The first-order chi connectivity index (χ1) is 11.8. The molecule has 4 nitrogen and oxygen atoms in total.